The second-order valence-electron chi connectivity index (χ2n) is 5.45. The molecule has 0 radical (unpaired) electrons. The standard InChI is InChI=1S/C16H19O2P/c1-19(17,16-12-18-13-16,14-8-4-2-5-9-14)15-10-6-3-7-11-15/h2-11,16-17H,12-13H2,1H3. The first-order chi connectivity index (χ1) is 9.12. The van der Waals surface area contributed by atoms with Crippen LogP contribution in [0.1, 0.15) is 0 Å². The zero-order chi connectivity index (χ0) is 13.4. The Morgan fingerprint density at radius 2 is 1.32 bits per heavy atom. The van der Waals surface area contributed by atoms with Crippen molar-refractivity contribution in [1.29, 1.82) is 0 Å². The molecule has 2 nitrogen and oxygen atoms in total. The van der Waals surface area contributed by atoms with Gasteiger partial charge >= 0.3 is 113 Å². The fourth-order valence-electron chi connectivity index (χ4n) is 2.77. The number of hydrogen-bond acceptors (Lipinski definition) is 2. The van der Waals surface area contributed by atoms with Crippen molar-refractivity contribution in [2.75, 3.05) is 19.9 Å². The van der Waals surface area contributed by atoms with E-state index >= 15 is 0 Å². The second-order valence-corrected chi connectivity index (χ2v) is 10.4. The van der Waals surface area contributed by atoms with E-state index in [1.807, 2.05) is 67.3 Å². The van der Waals surface area contributed by atoms with Crippen molar-refractivity contribution in [3.63, 3.8) is 0 Å². The topological polar surface area (TPSA) is 29.5 Å². The van der Waals surface area contributed by atoms with Crippen LogP contribution in [0.5, 0.6) is 0 Å². The Hall–Kier alpha value is -1.21. The van der Waals surface area contributed by atoms with Gasteiger partial charge in [-0.05, 0) is 0 Å². The quantitative estimate of drug-likeness (QED) is 0.869. The van der Waals surface area contributed by atoms with E-state index in [1.165, 1.54) is 0 Å². The molecule has 0 aromatic heterocycles. The molecule has 1 fully saturated rings. The van der Waals surface area contributed by atoms with E-state index in [0.717, 1.165) is 10.6 Å². The van der Waals surface area contributed by atoms with Crippen LogP contribution in [0.4, 0.5) is 0 Å². The van der Waals surface area contributed by atoms with E-state index < -0.39 is 6.83 Å². The van der Waals surface area contributed by atoms with Crippen LogP contribution in [0.25, 0.3) is 0 Å². The van der Waals surface area contributed by atoms with Gasteiger partial charge in [0.1, 0.15) is 0 Å². The first-order valence-corrected chi connectivity index (χ1v) is 9.27. The summed E-state index contributed by atoms with van der Waals surface area (Å²) in [6.07, 6.45) is 0. The van der Waals surface area contributed by atoms with E-state index in [1.54, 1.807) is 0 Å². The summed E-state index contributed by atoms with van der Waals surface area (Å²) < 4.78 is 5.36. The van der Waals surface area contributed by atoms with Crippen molar-refractivity contribution >= 4 is 17.4 Å². The van der Waals surface area contributed by atoms with Crippen LogP contribution in [-0.2, 0) is 4.74 Å². The Morgan fingerprint density at radius 1 is 0.895 bits per heavy atom. The van der Waals surface area contributed by atoms with Gasteiger partial charge in [-0.3, -0.25) is 0 Å². The van der Waals surface area contributed by atoms with E-state index in [0.29, 0.717) is 13.2 Å². The van der Waals surface area contributed by atoms with Gasteiger partial charge in [0, 0.05) is 0 Å². The molecule has 1 aliphatic heterocycles. The number of ether oxygens (including phenoxy) is 1. The molecule has 1 heterocycles. The Balaban J connectivity index is 2.22. The van der Waals surface area contributed by atoms with E-state index in [9.17, 15) is 4.89 Å². The molecular weight excluding hydrogens is 255 g/mol. The van der Waals surface area contributed by atoms with Crippen LogP contribution < -0.4 is 10.6 Å². The van der Waals surface area contributed by atoms with Crippen LogP contribution in [-0.4, -0.2) is 30.4 Å². The summed E-state index contributed by atoms with van der Waals surface area (Å²) in [6, 6.07) is 20.2. The number of benzene rings is 2. The monoisotopic (exact) mass is 274 g/mol. The third kappa shape index (κ3) is 1.83. The number of hydrogen-bond donors (Lipinski definition) is 1. The summed E-state index contributed by atoms with van der Waals surface area (Å²) in [4.78, 5) is 11.8. The Labute approximate surface area is 114 Å². The molecule has 100 valence electrons. The predicted octanol–water partition coefficient (Wildman–Crippen LogP) is 2.13. The summed E-state index contributed by atoms with van der Waals surface area (Å²) in [5.74, 6) is 0. The second kappa shape index (κ2) is 4.42. The summed E-state index contributed by atoms with van der Waals surface area (Å²) >= 11 is 0. The molecule has 0 atom stereocenters. The first kappa shape index (κ1) is 12.8. The molecular formula is C16H19O2P. The average Bonchev–Trinajstić information content (AvgIpc) is 2.39. The summed E-state index contributed by atoms with van der Waals surface area (Å²) in [7, 11) is 0. The minimum absolute atomic E-state index is 0.204. The van der Waals surface area contributed by atoms with Gasteiger partial charge in [0.15, 0.2) is 0 Å². The van der Waals surface area contributed by atoms with Gasteiger partial charge in [0.05, 0.1) is 0 Å². The van der Waals surface area contributed by atoms with Crippen LogP contribution in [0, 0.1) is 0 Å². The van der Waals surface area contributed by atoms with Crippen LogP contribution in [0.15, 0.2) is 60.7 Å². The molecule has 2 aromatic rings. The molecule has 2 aromatic carbocycles. The SMILES string of the molecule is CP(O)(c1ccccc1)(c1ccccc1)C1COC1. The normalized spacial score (nSPS) is 18.3. The maximum absolute atomic E-state index is 11.8. The molecule has 0 unspecified atom stereocenters. The fourth-order valence-corrected chi connectivity index (χ4v) is 6.70. The van der Waals surface area contributed by atoms with Gasteiger partial charge in [-0.25, -0.2) is 0 Å². The van der Waals surface area contributed by atoms with Gasteiger partial charge in [0.25, 0.3) is 0 Å². The molecule has 0 aliphatic carbocycles. The molecule has 0 spiro atoms. The van der Waals surface area contributed by atoms with Crippen molar-refractivity contribution in [3.05, 3.63) is 60.7 Å². The van der Waals surface area contributed by atoms with E-state index in [-0.39, 0.29) is 5.66 Å². The molecule has 1 aliphatic rings. The predicted molar refractivity (Wildman–Crippen MR) is 81.8 cm³/mol. The zero-order valence-corrected chi connectivity index (χ0v) is 12.0. The third-order valence-electron chi connectivity index (χ3n) is 4.33. The minimum atomic E-state index is -3.14. The Morgan fingerprint density at radius 3 is 1.63 bits per heavy atom. The zero-order valence-electron chi connectivity index (χ0n) is 11.1. The van der Waals surface area contributed by atoms with Crippen molar-refractivity contribution in [2.24, 2.45) is 0 Å². The molecule has 0 amide bonds. The van der Waals surface area contributed by atoms with Gasteiger partial charge in [-0.1, -0.05) is 0 Å². The van der Waals surface area contributed by atoms with Crippen molar-refractivity contribution in [2.45, 2.75) is 5.66 Å². The van der Waals surface area contributed by atoms with Gasteiger partial charge < -0.3 is 0 Å². The fraction of sp³-hybridized carbons (Fsp3) is 0.250. The molecule has 1 saturated heterocycles. The Bertz CT molecular complexity index is 518. The van der Waals surface area contributed by atoms with Crippen LogP contribution in [0.3, 0.4) is 0 Å². The molecule has 1 N–H and O–H groups in total. The summed E-state index contributed by atoms with van der Waals surface area (Å²) in [6.45, 7) is 0.205. The molecule has 3 rings (SSSR count). The molecule has 3 heteroatoms. The van der Waals surface area contributed by atoms with Crippen LogP contribution in [0.2, 0.25) is 0 Å². The summed E-state index contributed by atoms with van der Waals surface area (Å²) in [5.41, 5.74) is 0.204. The van der Waals surface area contributed by atoms with Crippen molar-refractivity contribution in [3.8, 4) is 0 Å². The molecule has 0 saturated carbocycles. The van der Waals surface area contributed by atoms with Gasteiger partial charge in [-0.15, -0.1) is 0 Å². The van der Waals surface area contributed by atoms with Gasteiger partial charge in [-0.2, -0.15) is 0 Å². The van der Waals surface area contributed by atoms with E-state index in [2.05, 4.69) is 0 Å². The first-order valence-electron chi connectivity index (χ1n) is 6.57. The molecule has 0 bridgehead atoms. The third-order valence-corrected chi connectivity index (χ3v) is 9.62. The summed E-state index contributed by atoms with van der Waals surface area (Å²) in [5, 5.41) is 2.10. The maximum atomic E-state index is 11.8. The van der Waals surface area contributed by atoms with Crippen LogP contribution >= 0.6 is 6.83 Å². The average molecular weight is 274 g/mol. The van der Waals surface area contributed by atoms with E-state index in [4.69, 9.17) is 4.74 Å². The molecule has 19 heavy (non-hydrogen) atoms. The Kier molecular flexibility index (Phi) is 2.98. The van der Waals surface area contributed by atoms with Gasteiger partial charge in [0.2, 0.25) is 0 Å². The van der Waals surface area contributed by atoms with Crippen molar-refractivity contribution < 1.29 is 9.63 Å². The number of rotatable bonds is 3. The van der Waals surface area contributed by atoms with Crippen molar-refractivity contribution in [1.82, 2.24) is 0 Å².